The third kappa shape index (κ3) is 3.79. The molecule has 0 radical (unpaired) electrons. The van der Waals surface area contributed by atoms with Gasteiger partial charge in [0.15, 0.2) is 0 Å². The van der Waals surface area contributed by atoms with Crippen LogP contribution in [-0.4, -0.2) is 15.4 Å². The summed E-state index contributed by atoms with van der Waals surface area (Å²) in [5, 5.41) is 4.54. The fourth-order valence-corrected chi connectivity index (χ4v) is 1.64. The molecule has 0 heterocycles. The summed E-state index contributed by atoms with van der Waals surface area (Å²) in [5.41, 5.74) is -1.60. The van der Waals surface area contributed by atoms with E-state index in [1.165, 1.54) is 0 Å². The second-order valence-electron chi connectivity index (χ2n) is 2.78. The first-order chi connectivity index (χ1) is 6.64. The Morgan fingerprint density at radius 3 is 2.06 bits per heavy atom. The number of rotatable bonds is 2. The van der Waals surface area contributed by atoms with Gasteiger partial charge in [-0.2, -0.15) is 0 Å². The smallest absolute Gasteiger partial charge is 0.445 e. The van der Waals surface area contributed by atoms with E-state index in [9.17, 15) is 25.8 Å². The van der Waals surface area contributed by atoms with Crippen molar-refractivity contribution in [3.05, 3.63) is 24.0 Å². The second-order valence-corrected chi connectivity index (χ2v) is 4.31. The zero-order valence-electron chi connectivity index (χ0n) is 8.12. The third-order valence-electron chi connectivity index (χ3n) is 1.65. The molecular formula is C6H5BF4KNO2S. The quantitative estimate of drug-likeness (QED) is 0.482. The van der Waals surface area contributed by atoms with Crippen LogP contribution >= 0.6 is 0 Å². The summed E-state index contributed by atoms with van der Waals surface area (Å²) in [6.07, 6.45) is 0. The van der Waals surface area contributed by atoms with Crippen molar-refractivity contribution in [3.63, 3.8) is 0 Å². The molecule has 0 bridgehead atoms. The summed E-state index contributed by atoms with van der Waals surface area (Å²) in [4.78, 5) is -1.15. The SMILES string of the molecule is NS(=O)(=O)c1cccc([B-](F)(F)F)c1F.[K+]. The van der Waals surface area contributed by atoms with Crippen molar-refractivity contribution in [1.82, 2.24) is 0 Å². The van der Waals surface area contributed by atoms with Crippen LogP contribution in [0.1, 0.15) is 0 Å². The Morgan fingerprint density at radius 2 is 1.69 bits per heavy atom. The largest absolute Gasteiger partial charge is 1.00 e. The number of hydrogen-bond donors (Lipinski definition) is 1. The summed E-state index contributed by atoms with van der Waals surface area (Å²) in [6, 6.07) is 1.92. The maximum atomic E-state index is 13.1. The molecule has 0 aliphatic rings. The Hall–Kier alpha value is 0.551. The van der Waals surface area contributed by atoms with E-state index in [-0.39, 0.29) is 51.4 Å². The van der Waals surface area contributed by atoms with Gasteiger partial charge < -0.3 is 12.9 Å². The minimum absolute atomic E-state index is 0. The molecule has 0 atom stereocenters. The molecule has 0 spiro atoms. The van der Waals surface area contributed by atoms with E-state index >= 15 is 0 Å². The van der Waals surface area contributed by atoms with Gasteiger partial charge in [-0.1, -0.05) is 17.6 Å². The van der Waals surface area contributed by atoms with Gasteiger partial charge in [0.2, 0.25) is 10.0 Å². The molecule has 1 rings (SSSR count). The summed E-state index contributed by atoms with van der Waals surface area (Å²) >= 11 is 0. The minimum Gasteiger partial charge on any atom is -0.445 e. The van der Waals surface area contributed by atoms with E-state index in [1.807, 2.05) is 0 Å². The number of benzene rings is 1. The van der Waals surface area contributed by atoms with E-state index in [0.29, 0.717) is 12.1 Å². The van der Waals surface area contributed by atoms with E-state index < -0.39 is 33.2 Å². The van der Waals surface area contributed by atoms with Gasteiger partial charge in [-0.05, 0) is 6.07 Å². The fraction of sp³-hybridized carbons (Fsp3) is 0. The molecular weight excluding hydrogens is 276 g/mol. The molecule has 84 valence electrons. The standard InChI is InChI=1S/C6H5BF4NO2S.K/c8-6-4(7(9,10)11)2-1-3-5(6)15(12,13)14;/h1-3H,(H2,12,13,14);/q-1;+1. The molecule has 1 aromatic rings. The maximum absolute atomic E-state index is 13.1. The summed E-state index contributed by atoms with van der Waals surface area (Å²) in [5.74, 6) is -1.85. The van der Waals surface area contributed by atoms with Crippen LogP contribution in [0.15, 0.2) is 23.1 Å². The van der Waals surface area contributed by atoms with Gasteiger partial charge in [0.1, 0.15) is 10.7 Å². The van der Waals surface area contributed by atoms with Crippen molar-refractivity contribution in [3.8, 4) is 0 Å². The van der Waals surface area contributed by atoms with Crippen LogP contribution in [-0.2, 0) is 10.0 Å². The van der Waals surface area contributed by atoms with Crippen molar-refractivity contribution in [1.29, 1.82) is 0 Å². The van der Waals surface area contributed by atoms with E-state index in [0.717, 1.165) is 6.07 Å². The van der Waals surface area contributed by atoms with Crippen molar-refractivity contribution < 1.29 is 77.1 Å². The Bertz CT molecular complexity index is 490. The molecule has 0 fully saturated rings. The van der Waals surface area contributed by atoms with Crippen LogP contribution < -0.4 is 62.0 Å². The summed E-state index contributed by atoms with van der Waals surface area (Å²) < 4.78 is 71.1. The van der Waals surface area contributed by atoms with Gasteiger partial charge in [0.05, 0.1) is 0 Å². The Kier molecular flexibility index (Phi) is 5.65. The monoisotopic (exact) mass is 281 g/mol. The molecule has 16 heavy (non-hydrogen) atoms. The Balaban J connectivity index is 0.00000225. The molecule has 1 aromatic carbocycles. The van der Waals surface area contributed by atoms with Gasteiger partial charge in [-0.15, -0.1) is 0 Å². The molecule has 0 aromatic heterocycles. The first kappa shape index (κ1) is 16.6. The van der Waals surface area contributed by atoms with Crippen molar-refractivity contribution in [2.75, 3.05) is 0 Å². The van der Waals surface area contributed by atoms with Crippen molar-refractivity contribution >= 4 is 22.5 Å². The molecule has 0 aliphatic carbocycles. The van der Waals surface area contributed by atoms with Gasteiger partial charge in [0.25, 0.3) is 0 Å². The van der Waals surface area contributed by atoms with Crippen molar-refractivity contribution in [2.45, 2.75) is 4.90 Å². The Morgan fingerprint density at radius 1 is 1.19 bits per heavy atom. The maximum Gasteiger partial charge on any atom is 1.00 e. The molecule has 0 unspecified atom stereocenters. The topological polar surface area (TPSA) is 60.2 Å². The number of nitrogens with two attached hydrogens (primary N) is 1. The first-order valence-corrected chi connectivity index (χ1v) is 5.20. The molecule has 0 amide bonds. The number of hydrogen-bond acceptors (Lipinski definition) is 2. The zero-order valence-corrected chi connectivity index (χ0v) is 12.1. The van der Waals surface area contributed by atoms with Gasteiger partial charge >= 0.3 is 58.4 Å². The fourth-order valence-electron chi connectivity index (χ4n) is 1.00. The van der Waals surface area contributed by atoms with Crippen LogP contribution in [0.4, 0.5) is 17.3 Å². The summed E-state index contributed by atoms with van der Waals surface area (Å²) in [6.45, 7) is -5.60. The predicted octanol–water partition coefficient (Wildman–Crippen LogP) is -2.47. The number of halogens is 4. The van der Waals surface area contributed by atoms with Crippen LogP contribution in [0, 0.1) is 5.82 Å². The summed E-state index contributed by atoms with van der Waals surface area (Å²) in [7, 11) is -4.48. The van der Waals surface area contributed by atoms with Crippen LogP contribution in [0.25, 0.3) is 0 Å². The predicted molar refractivity (Wildman–Crippen MR) is 46.5 cm³/mol. The molecule has 0 saturated carbocycles. The minimum atomic E-state index is -5.60. The van der Waals surface area contributed by atoms with E-state index in [4.69, 9.17) is 0 Å². The Labute approximate surface area is 132 Å². The number of sulfonamides is 1. The third-order valence-corrected chi connectivity index (χ3v) is 2.58. The average Bonchev–Trinajstić information content (AvgIpc) is 1.99. The molecule has 0 aliphatic heterocycles. The van der Waals surface area contributed by atoms with Crippen LogP contribution in [0.5, 0.6) is 0 Å². The molecule has 2 N–H and O–H groups in total. The van der Waals surface area contributed by atoms with Crippen molar-refractivity contribution in [2.24, 2.45) is 5.14 Å². The molecule has 3 nitrogen and oxygen atoms in total. The van der Waals surface area contributed by atoms with Gasteiger partial charge in [0, 0.05) is 0 Å². The average molecular weight is 281 g/mol. The van der Waals surface area contributed by atoms with Crippen LogP contribution in [0.3, 0.4) is 0 Å². The normalized spacial score (nSPS) is 12.1. The van der Waals surface area contributed by atoms with Gasteiger partial charge in [-0.25, -0.2) is 17.9 Å². The number of primary sulfonamides is 1. The van der Waals surface area contributed by atoms with Gasteiger partial charge in [-0.3, -0.25) is 0 Å². The molecule has 10 heteroatoms. The first-order valence-electron chi connectivity index (χ1n) is 3.65. The zero-order chi connectivity index (χ0) is 11.9. The second kappa shape index (κ2) is 5.46. The van der Waals surface area contributed by atoms with E-state index in [1.54, 1.807) is 0 Å². The van der Waals surface area contributed by atoms with E-state index in [2.05, 4.69) is 5.14 Å². The molecule has 0 saturated heterocycles. The van der Waals surface area contributed by atoms with Crippen LogP contribution in [0.2, 0.25) is 0 Å².